The van der Waals surface area contributed by atoms with Gasteiger partial charge in [-0.1, -0.05) is 78.9 Å². The van der Waals surface area contributed by atoms with Gasteiger partial charge in [0.25, 0.3) is 0 Å². The smallest absolute Gasteiger partial charge is 0.0488 e. The molecule has 0 aliphatic heterocycles. The van der Waals surface area contributed by atoms with Crippen molar-refractivity contribution >= 4 is 10.9 Å². The van der Waals surface area contributed by atoms with Crippen molar-refractivity contribution < 1.29 is 0 Å². The van der Waals surface area contributed by atoms with Crippen LogP contribution in [0.25, 0.3) is 10.9 Å². The van der Waals surface area contributed by atoms with E-state index in [4.69, 9.17) is 0 Å². The third-order valence-corrected chi connectivity index (χ3v) is 4.77. The quantitative estimate of drug-likeness (QED) is 0.463. The summed E-state index contributed by atoms with van der Waals surface area (Å²) in [7, 11) is 0. The number of fused-ring (bicyclic) bond motifs is 1. The van der Waals surface area contributed by atoms with Crippen LogP contribution in [0.15, 0.2) is 84.9 Å². The molecule has 0 radical (unpaired) electrons. The molecule has 4 rings (SSSR count). The minimum absolute atomic E-state index is 0.919. The molecular weight excluding hydrogens is 290 g/mol. The fraction of sp³-hybridized carbons (Fsp3) is 0.130. The van der Waals surface area contributed by atoms with Crippen LogP contribution in [0.4, 0.5) is 0 Å². The van der Waals surface area contributed by atoms with Gasteiger partial charge in [-0.2, -0.15) is 0 Å². The van der Waals surface area contributed by atoms with Crippen LogP contribution in [-0.4, -0.2) is 4.57 Å². The Morgan fingerprint density at radius 2 is 1.25 bits per heavy atom. The lowest BCUT2D eigenvalue weighted by molar-refractivity contribution is 0.798. The van der Waals surface area contributed by atoms with Gasteiger partial charge in [0.1, 0.15) is 0 Å². The monoisotopic (exact) mass is 311 g/mol. The zero-order chi connectivity index (χ0) is 16.4. The summed E-state index contributed by atoms with van der Waals surface area (Å²) in [5, 5.41) is 1.37. The van der Waals surface area contributed by atoms with E-state index in [9.17, 15) is 0 Å². The van der Waals surface area contributed by atoms with Gasteiger partial charge in [0.15, 0.2) is 0 Å². The molecule has 118 valence electrons. The maximum atomic E-state index is 2.45. The Morgan fingerprint density at radius 1 is 0.667 bits per heavy atom. The van der Waals surface area contributed by atoms with Crippen LogP contribution in [-0.2, 0) is 13.0 Å². The number of aromatic nitrogens is 1. The molecule has 0 N–H and O–H groups in total. The van der Waals surface area contributed by atoms with E-state index in [2.05, 4.69) is 96.4 Å². The molecule has 1 nitrogen and oxygen atoms in total. The highest BCUT2D eigenvalue weighted by Gasteiger charge is 2.14. The minimum Gasteiger partial charge on any atom is -0.340 e. The number of benzene rings is 3. The van der Waals surface area contributed by atoms with Crippen LogP contribution < -0.4 is 0 Å². The van der Waals surface area contributed by atoms with Gasteiger partial charge < -0.3 is 4.57 Å². The molecule has 1 heteroatoms. The number of para-hydroxylation sites is 1. The van der Waals surface area contributed by atoms with Crippen molar-refractivity contribution in [1.82, 2.24) is 4.57 Å². The summed E-state index contributed by atoms with van der Waals surface area (Å²) >= 11 is 0. The third-order valence-electron chi connectivity index (χ3n) is 4.77. The van der Waals surface area contributed by atoms with Crippen molar-refractivity contribution in [3.05, 3.63) is 107 Å². The van der Waals surface area contributed by atoms with Crippen LogP contribution in [0.1, 0.15) is 22.4 Å². The number of rotatable bonds is 4. The normalized spacial score (nSPS) is 11.0. The van der Waals surface area contributed by atoms with Gasteiger partial charge in [-0.25, -0.2) is 0 Å². The van der Waals surface area contributed by atoms with Crippen molar-refractivity contribution in [3.8, 4) is 0 Å². The van der Waals surface area contributed by atoms with Crippen LogP contribution in [0.5, 0.6) is 0 Å². The van der Waals surface area contributed by atoms with E-state index < -0.39 is 0 Å². The Balaban J connectivity index is 1.81. The first-order valence-electron chi connectivity index (χ1n) is 8.47. The Kier molecular flexibility index (Phi) is 3.92. The molecule has 0 saturated carbocycles. The van der Waals surface area contributed by atoms with Crippen LogP contribution >= 0.6 is 0 Å². The second-order valence-corrected chi connectivity index (χ2v) is 6.32. The Bertz CT molecular complexity index is 871. The predicted molar refractivity (Wildman–Crippen MR) is 101 cm³/mol. The lowest BCUT2D eigenvalue weighted by Crippen LogP contribution is -2.02. The second-order valence-electron chi connectivity index (χ2n) is 6.32. The molecule has 24 heavy (non-hydrogen) atoms. The van der Waals surface area contributed by atoms with Gasteiger partial charge in [0, 0.05) is 23.1 Å². The second kappa shape index (κ2) is 6.37. The van der Waals surface area contributed by atoms with Crippen molar-refractivity contribution in [2.75, 3.05) is 0 Å². The maximum Gasteiger partial charge on any atom is 0.0488 e. The standard InChI is InChI=1S/C23H21N/c1-18-22(16-19-10-4-2-5-11-19)21-14-8-9-15-23(21)24(18)17-20-12-6-3-7-13-20/h2-15H,16-17H2,1H3. The molecule has 0 unspecified atom stereocenters. The zero-order valence-corrected chi connectivity index (χ0v) is 13.9. The summed E-state index contributed by atoms with van der Waals surface area (Å²) in [6, 6.07) is 30.2. The summed E-state index contributed by atoms with van der Waals surface area (Å²) in [6.45, 7) is 3.17. The van der Waals surface area contributed by atoms with E-state index in [1.165, 1.54) is 33.3 Å². The van der Waals surface area contributed by atoms with E-state index in [1.54, 1.807) is 0 Å². The molecule has 0 aliphatic carbocycles. The van der Waals surface area contributed by atoms with Crippen molar-refractivity contribution in [2.45, 2.75) is 19.9 Å². The molecule has 1 aromatic heterocycles. The molecule has 4 aromatic rings. The first kappa shape index (κ1) is 14.8. The molecule has 0 aliphatic rings. The molecule has 0 spiro atoms. The fourth-order valence-corrected chi connectivity index (χ4v) is 3.50. The van der Waals surface area contributed by atoms with E-state index in [1.807, 2.05) is 0 Å². The molecule has 0 atom stereocenters. The van der Waals surface area contributed by atoms with Crippen molar-refractivity contribution in [2.24, 2.45) is 0 Å². The number of hydrogen-bond acceptors (Lipinski definition) is 0. The Morgan fingerprint density at radius 3 is 1.96 bits per heavy atom. The third kappa shape index (κ3) is 2.74. The van der Waals surface area contributed by atoms with Crippen molar-refractivity contribution in [3.63, 3.8) is 0 Å². The average Bonchev–Trinajstić information content (AvgIpc) is 2.90. The number of nitrogens with zero attached hydrogens (tertiary/aromatic N) is 1. The first-order chi connectivity index (χ1) is 11.8. The Labute approximate surface area is 143 Å². The van der Waals surface area contributed by atoms with Gasteiger partial charge in [-0.15, -0.1) is 0 Å². The Hall–Kier alpha value is -2.80. The van der Waals surface area contributed by atoms with E-state index in [0.717, 1.165) is 13.0 Å². The van der Waals surface area contributed by atoms with E-state index in [-0.39, 0.29) is 0 Å². The molecular formula is C23H21N. The van der Waals surface area contributed by atoms with Crippen LogP contribution in [0.3, 0.4) is 0 Å². The average molecular weight is 311 g/mol. The summed E-state index contributed by atoms with van der Waals surface area (Å²) < 4.78 is 2.45. The molecule has 0 amide bonds. The molecule has 1 heterocycles. The van der Waals surface area contributed by atoms with E-state index in [0.29, 0.717) is 0 Å². The highest BCUT2D eigenvalue weighted by Crippen LogP contribution is 2.28. The summed E-state index contributed by atoms with van der Waals surface area (Å²) in [5.41, 5.74) is 6.83. The van der Waals surface area contributed by atoms with E-state index >= 15 is 0 Å². The van der Waals surface area contributed by atoms with Crippen molar-refractivity contribution in [1.29, 1.82) is 0 Å². The van der Waals surface area contributed by atoms with Crippen LogP contribution in [0, 0.1) is 6.92 Å². The highest BCUT2D eigenvalue weighted by atomic mass is 15.0. The van der Waals surface area contributed by atoms with Gasteiger partial charge in [0.2, 0.25) is 0 Å². The molecule has 3 aromatic carbocycles. The van der Waals surface area contributed by atoms with Gasteiger partial charge in [-0.05, 0) is 36.1 Å². The SMILES string of the molecule is Cc1c(Cc2ccccc2)c2ccccc2n1Cc1ccccc1. The molecule has 0 fully saturated rings. The topological polar surface area (TPSA) is 4.93 Å². The number of hydrogen-bond donors (Lipinski definition) is 0. The summed E-state index contributed by atoms with van der Waals surface area (Å²) in [6.07, 6.45) is 0.981. The lowest BCUT2D eigenvalue weighted by atomic mass is 10.0. The zero-order valence-electron chi connectivity index (χ0n) is 13.9. The first-order valence-corrected chi connectivity index (χ1v) is 8.47. The predicted octanol–water partition coefficient (Wildman–Crippen LogP) is 5.59. The summed E-state index contributed by atoms with van der Waals surface area (Å²) in [5.74, 6) is 0. The van der Waals surface area contributed by atoms with Gasteiger partial charge in [0.05, 0.1) is 0 Å². The van der Waals surface area contributed by atoms with Gasteiger partial charge in [-0.3, -0.25) is 0 Å². The highest BCUT2D eigenvalue weighted by molar-refractivity contribution is 5.86. The minimum atomic E-state index is 0.919. The maximum absolute atomic E-state index is 2.45. The summed E-state index contributed by atoms with van der Waals surface area (Å²) in [4.78, 5) is 0. The van der Waals surface area contributed by atoms with Crippen LogP contribution in [0.2, 0.25) is 0 Å². The fourth-order valence-electron chi connectivity index (χ4n) is 3.50. The lowest BCUT2D eigenvalue weighted by Gasteiger charge is -2.09. The largest absolute Gasteiger partial charge is 0.340 e. The molecule has 0 bridgehead atoms. The van der Waals surface area contributed by atoms with Gasteiger partial charge >= 0.3 is 0 Å². The molecule has 0 saturated heterocycles.